The summed E-state index contributed by atoms with van der Waals surface area (Å²) in [5, 5.41) is 0. The van der Waals surface area contributed by atoms with Crippen molar-refractivity contribution >= 4 is 0 Å². The molecule has 1 fully saturated rings. The average molecular weight is 194 g/mol. The largest absolute Gasteiger partial charge is 0.254 e. The monoisotopic (exact) mass is 194 g/mol. The Morgan fingerprint density at radius 2 is 1.40 bits per heavy atom. The van der Waals surface area contributed by atoms with E-state index in [4.69, 9.17) is 0 Å². The molecule has 0 saturated heterocycles. The minimum absolute atomic E-state index is 0.285. The van der Waals surface area contributed by atoms with Gasteiger partial charge in [-0.25, -0.2) is 0 Å². The van der Waals surface area contributed by atoms with E-state index < -0.39 is 0 Å². The normalized spacial score (nSPS) is 18.7. The average Bonchev–Trinajstić information content (AvgIpc) is 3.05. The van der Waals surface area contributed by atoms with E-state index in [-0.39, 0.29) is 5.41 Å². The molecule has 2 heterocycles. The van der Waals surface area contributed by atoms with Crippen molar-refractivity contribution < 1.29 is 0 Å². The van der Waals surface area contributed by atoms with Crippen molar-refractivity contribution in [2.75, 3.05) is 0 Å². The minimum Gasteiger partial charge on any atom is -0.254 e. The van der Waals surface area contributed by atoms with Gasteiger partial charge in [0.25, 0.3) is 0 Å². The van der Waals surface area contributed by atoms with Crippen LogP contribution in [0.1, 0.15) is 24.0 Å². The Kier molecular flexibility index (Phi) is 1.15. The van der Waals surface area contributed by atoms with Crippen LogP contribution >= 0.6 is 0 Å². The first-order chi connectivity index (χ1) is 7.42. The maximum Gasteiger partial charge on any atom is 0.0930 e. The second-order valence-electron chi connectivity index (χ2n) is 4.38. The second kappa shape index (κ2) is 2.27. The zero-order chi connectivity index (χ0) is 9.88. The number of nitrogens with zero attached hydrogens (tertiary/aromatic N) is 2. The van der Waals surface area contributed by atoms with Crippen molar-refractivity contribution in [2.24, 2.45) is 0 Å². The molecular weight excluding hydrogens is 184 g/mol. The molecule has 2 aliphatic carbocycles. The van der Waals surface area contributed by atoms with E-state index in [2.05, 4.69) is 22.1 Å². The summed E-state index contributed by atoms with van der Waals surface area (Å²) in [4.78, 5) is 8.95. The molecule has 0 aromatic carbocycles. The fourth-order valence-corrected chi connectivity index (χ4v) is 2.77. The summed E-state index contributed by atoms with van der Waals surface area (Å²) >= 11 is 0. The van der Waals surface area contributed by atoms with Gasteiger partial charge in [0.05, 0.1) is 11.4 Å². The lowest BCUT2D eigenvalue weighted by Crippen LogP contribution is -2.03. The number of fused-ring (bicyclic) bond motifs is 5. The van der Waals surface area contributed by atoms with E-state index >= 15 is 0 Å². The highest BCUT2D eigenvalue weighted by molar-refractivity contribution is 5.76. The summed E-state index contributed by atoms with van der Waals surface area (Å²) in [6.07, 6.45) is 6.23. The molecule has 0 radical (unpaired) electrons. The molecule has 4 rings (SSSR count). The molecule has 0 atom stereocenters. The Morgan fingerprint density at radius 3 is 1.87 bits per heavy atom. The summed E-state index contributed by atoms with van der Waals surface area (Å²) in [5.41, 5.74) is 5.27. The smallest absolute Gasteiger partial charge is 0.0930 e. The first-order valence-corrected chi connectivity index (χ1v) is 5.33. The van der Waals surface area contributed by atoms with Crippen LogP contribution in [0.3, 0.4) is 0 Å². The lowest BCUT2D eigenvalue weighted by Gasteiger charge is -2.08. The fraction of sp³-hybridized carbons (Fsp3) is 0.231. The molecule has 0 unspecified atom stereocenters. The standard InChI is InChI=1S/C13H10N2/c1-3-9-11(14-7-1)12-10(4-2-8-15-12)13(9)5-6-13/h1-4,7-8H,5-6H2. The van der Waals surface area contributed by atoms with Crippen LogP contribution < -0.4 is 0 Å². The van der Waals surface area contributed by atoms with Crippen molar-refractivity contribution in [1.82, 2.24) is 9.97 Å². The van der Waals surface area contributed by atoms with Crippen LogP contribution in [0.25, 0.3) is 11.4 Å². The fourth-order valence-electron chi connectivity index (χ4n) is 2.77. The van der Waals surface area contributed by atoms with Crippen molar-refractivity contribution in [3.8, 4) is 11.4 Å². The Bertz CT molecular complexity index is 508. The molecule has 72 valence electrons. The third-order valence-corrected chi connectivity index (χ3v) is 3.62. The third-order valence-electron chi connectivity index (χ3n) is 3.62. The van der Waals surface area contributed by atoms with Crippen molar-refractivity contribution in [3.63, 3.8) is 0 Å². The number of rotatable bonds is 0. The molecule has 1 saturated carbocycles. The van der Waals surface area contributed by atoms with Crippen LogP contribution in [0.4, 0.5) is 0 Å². The second-order valence-corrected chi connectivity index (χ2v) is 4.38. The van der Waals surface area contributed by atoms with Crippen LogP contribution in [0.5, 0.6) is 0 Å². The summed E-state index contributed by atoms with van der Waals surface area (Å²) in [5.74, 6) is 0. The van der Waals surface area contributed by atoms with Gasteiger partial charge in [0.2, 0.25) is 0 Å². The SMILES string of the molecule is c1cnc2c(c1)C1(CC1)c1cccnc1-2. The summed E-state index contributed by atoms with van der Waals surface area (Å²) in [6, 6.07) is 8.48. The van der Waals surface area contributed by atoms with Crippen molar-refractivity contribution in [3.05, 3.63) is 47.8 Å². The number of hydrogen-bond donors (Lipinski definition) is 0. The highest BCUT2D eigenvalue weighted by Crippen LogP contribution is 2.61. The maximum absolute atomic E-state index is 4.47. The van der Waals surface area contributed by atoms with Crippen molar-refractivity contribution in [1.29, 1.82) is 0 Å². The predicted molar refractivity (Wildman–Crippen MR) is 57.5 cm³/mol. The van der Waals surface area contributed by atoms with Gasteiger partial charge >= 0.3 is 0 Å². The van der Waals surface area contributed by atoms with Gasteiger partial charge in [-0.15, -0.1) is 0 Å². The molecule has 0 N–H and O–H groups in total. The highest BCUT2D eigenvalue weighted by Gasteiger charge is 2.53. The number of hydrogen-bond acceptors (Lipinski definition) is 2. The first kappa shape index (κ1) is 7.57. The topological polar surface area (TPSA) is 25.8 Å². The van der Waals surface area contributed by atoms with Gasteiger partial charge in [-0.1, -0.05) is 12.1 Å². The quantitative estimate of drug-likeness (QED) is 0.644. The zero-order valence-electron chi connectivity index (χ0n) is 8.27. The van der Waals surface area contributed by atoms with Gasteiger partial charge in [0.1, 0.15) is 0 Å². The molecule has 0 aliphatic heterocycles. The summed E-state index contributed by atoms with van der Waals surface area (Å²) < 4.78 is 0. The third kappa shape index (κ3) is 0.765. The molecule has 2 aliphatic rings. The molecule has 0 amide bonds. The lowest BCUT2D eigenvalue weighted by atomic mass is 9.95. The first-order valence-electron chi connectivity index (χ1n) is 5.33. The highest BCUT2D eigenvalue weighted by atomic mass is 14.8. The number of aromatic nitrogens is 2. The molecule has 2 aromatic heterocycles. The molecule has 2 heteroatoms. The van der Waals surface area contributed by atoms with Crippen LogP contribution in [-0.2, 0) is 5.41 Å². The summed E-state index contributed by atoms with van der Waals surface area (Å²) in [7, 11) is 0. The van der Waals surface area contributed by atoms with Gasteiger partial charge in [0.15, 0.2) is 0 Å². The maximum atomic E-state index is 4.47. The van der Waals surface area contributed by atoms with Crippen molar-refractivity contribution in [2.45, 2.75) is 18.3 Å². The van der Waals surface area contributed by atoms with Gasteiger partial charge < -0.3 is 0 Å². The zero-order valence-corrected chi connectivity index (χ0v) is 8.27. The molecule has 2 aromatic rings. The van der Waals surface area contributed by atoms with Gasteiger partial charge in [-0.3, -0.25) is 9.97 Å². The molecular formula is C13H10N2. The van der Waals surface area contributed by atoms with Gasteiger partial charge in [-0.05, 0) is 36.1 Å². The molecule has 1 spiro atoms. The van der Waals surface area contributed by atoms with E-state index in [0.29, 0.717) is 0 Å². The predicted octanol–water partition coefficient (Wildman–Crippen LogP) is 2.54. The Hall–Kier alpha value is -1.70. The Balaban J connectivity index is 2.15. The summed E-state index contributed by atoms with van der Waals surface area (Å²) in [6.45, 7) is 0. The van der Waals surface area contributed by atoms with Gasteiger partial charge in [-0.2, -0.15) is 0 Å². The lowest BCUT2D eigenvalue weighted by molar-refractivity contribution is 0.873. The van der Waals surface area contributed by atoms with E-state index in [1.54, 1.807) is 0 Å². The van der Waals surface area contributed by atoms with Gasteiger partial charge in [0, 0.05) is 17.8 Å². The van der Waals surface area contributed by atoms with Crippen LogP contribution in [0.2, 0.25) is 0 Å². The van der Waals surface area contributed by atoms with Crippen LogP contribution in [0.15, 0.2) is 36.7 Å². The molecule has 2 nitrogen and oxygen atoms in total. The molecule has 15 heavy (non-hydrogen) atoms. The minimum atomic E-state index is 0.285. The van der Waals surface area contributed by atoms with Crippen LogP contribution in [0, 0.1) is 0 Å². The Labute approximate surface area is 88.0 Å². The Morgan fingerprint density at radius 1 is 0.867 bits per heavy atom. The van der Waals surface area contributed by atoms with E-state index in [0.717, 1.165) is 11.4 Å². The number of pyridine rings is 2. The van der Waals surface area contributed by atoms with Crippen LogP contribution in [-0.4, -0.2) is 9.97 Å². The molecule has 0 bridgehead atoms. The van der Waals surface area contributed by atoms with E-state index in [1.807, 2.05) is 24.5 Å². The van der Waals surface area contributed by atoms with E-state index in [9.17, 15) is 0 Å². The van der Waals surface area contributed by atoms with E-state index in [1.165, 1.54) is 24.0 Å².